The van der Waals surface area contributed by atoms with Gasteiger partial charge in [-0.3, -0.25) is 0 Å². The van der Waals surface area contributed by atoms with Gasteiger partial charge in [-0.2, -0.15) is 0 Å². The Hall–Kier alpha value is 0.550. The van der Waals surface area contributed by atoms with E-state index in [1.54, 1.807) is 6.08 Å². The smallest absolute Gasteiger partial charge is 0.0681 e. The summed E-state index contributed by atoms with van der Waals surface area (Å²) in [5, 5.41) is 0. The monoisotopic (exact) mass is 162 g/mol. The predicted molar refractivity (Wildman–Crippen MR) is 40.0 cm³/mol. The van der Waals surface area contributed by atoms with E-state index < -0.39 is 8.46 Å². The van der Waals surface area contributed by atoms with E-state index in [1.807, 2.05) is 0 Å². The lowest BCUT2D eigenvalue weighted by Gasteiger charge is -1.61. The number of hydrogen-bond donors (Lipinski definition) is 0. The third-order valence-corrected chi connectivity index (χ3v) is 0.789. The molecule has 0 radical (unpaired) electrons. The summed E-state index contributed by atoms with van der Waals surface area (Å²) in [6, 6.07) is 0. The summed E-state index contributed by atoms with van der Waals surface area (Å²) in [6.07, 6.45) is 2.34. The van der Waals surface area contributed by atoms with Gasteiger partial charge in [0, 0.05) is 6.16 Å². The second kappa shape index (κ2) is 16.0. The van der Waals surface area contributed by atoms with Crippen LogP contribution in [-0.4, -0.2) is 6.16 Å². The summed E-state index contributed by atoms with van der Waals surface area (Å²) >= 11 is 0. The largest absolute Gasteiger partial charge is 0.330 e. The highest BCUT2D eigenvalue weighted by Crippen LogP contribution is 1.86. The van der Waals surface area contributed by atoms with Crippen molar-refractivity contribution in [3.8, 4) is 0 Å². The fourth-order valence-corrected chi connectivity index (χ4v) is 0.204. The minimum Gasteiger partial charge on any atom is -0.330 e. The van der Waals surface area contributed by atoms with Crippen LogP contribution in [-0.2, 0) is 4.57 Å². The molecule has 0 aliphatic heterocycles. The summed E-state index contributed by atoms with van der Waals surface area (Å²) < 4.78 is 9.54. The number of rotatable bonds is 2. The summed E-state index contributed by atoms with van der Waals surface area (Å²) in [6.45, 7) is 3.37. The van der Waals surface area contributed by atoms with Crippen LogP contribution in [0.5, 0.6) is 0 Å². The van der Waals surface area contributed by atoms with E-state index in [0.29, 0.717) is 6.16 Å². The average Bonchev–Trinajstić information content (AvgIpc) is 1.41. The zero-order valence-electron chi connectivity index (χ0n) is 3.79. The van der Waals surface area contributed by atoms with E-state index in [4.69, 9.17) is 0 Å². The van der Waals surface area contributed by atoms with Crippen molar-refractivity contribution in [2.75, 3.05) is 6.16 Å². The van der Waals surface area contributed by atoms with Gasteiger partial charge >= 0.3 is 0 Å². The molecular weight excluding hydrogens is 154 g/mol. The van der Waals surface area contributed by atoms with Gasteiger partial charge in [0.1, 0.15) is 0 Å². The van der Waals surface area contributed by atoms with Crippen molar-refractivity contribution in [1.82, 2.24) is 0 Å². The summed E-state index contributed by atoms with van der Waals surface area (Å²) in [7, 11) is -0.582. The van der Waals surface area contributed by atoms with Crippen LogP contribution in [0.15, 0.2) is 12.7 Å². The molecule has 0 amide bonds. The first-order valence-corrected chi connectivity index (χ1v) is 2.75. The quantitative estimate of drug-likeness (QED) is 0.447. The standard InChI is InChI=1S/C3H7OP.2ClH/c1-2-3-5-4;;/h2H,1,3,5H2;2*1H. The Kier molecular flexibility index (Phi) is 35.8. The molecule has 0 aromatic rings. The molecule has 0 heterocycles. The Balaban J connectivity index is -0.0000000800. The summed E-state index contributed by atoms with van der Waals surface area (Å²) in [4.78, 5) is 0. The highest BCUT2D eigenvalue weighted by Gasteiger charge is 1.57. The fourth-order valence-electron chi connectivity index (χ4n) is 0.0680. The van der Waals surface area contributed by atoms with E-state index in [0.717, 1.165) is 0 Å². The summed E-state index contributed by atoms with van der Waals surface area (Å²) in [5.74, 6) is 0. The third-order valence-electron chi connectivity index (χ3n) is 0.263. The maximum absolute atomic E-state index is 9.54. The fraction of sp³-hybridized carbons (Fsp3) is 0.333. The van der Waals surface area contributed by atoms with Crippen molar-refractivity contribution < 1.29 is 4.57 Å². The van der Waals surface area contributed by atoms with Crippen LogP contribution in [0, 0.1) is 0 Å². The van der Waals surface area contributed by atoms with Crippen LogP contribution in [0.4, 0.5) is 0 Å². The first-order chi connectivity index (χ1) is 2.41. The lowest BCUT2D eigenvalue weighted by Crippen LogP contribution is -1.47. The van der Waals surface area contributed by atoms with E-state index in [9.17, 15) is 4.57 Å². The molecule has 0 N–H and O–H groups in total. The molecule has 0 aliphatic carbocycles. The Morgan fingerprint density at radius 2 is 2.00 bits per heavy atom. The predicted octanol–water partition coefficient (Wildman–Crippen LogP) is 1.77. The maximum Gasteiger partial charge on any atom is 0.0681 e. The molecule has 0 saturated heterocycles. The van der Waals surface area contributed by atoms with Crippen molar-refractivity contribution in [2.24, 2.45) is 0 Å². The van der Waals surface area contributed by atoms with Crippen molar-refractivity contribution in [3.63, 3.8) is 0 Å². The van der Waals surface area contributed by atoms with Gasteiger partial charge in [-0.05, 0) is 0 Å². The first-order valence-electron chi connectivity index (χ1n) is 1.46. The van der Waals surface area contributed by atoms with Gasteiger partial charge in [0.25, 0.3) is 0 Å². The molecule has 4 heteroatoms. The molecule has 46 valence electrons. The normalized spacial score (nSPS) is 6.86. The topological polar surface area (TPSA) is 17.1 Å². The first kappa shape index (κ1) is 15.6. The molecule has 0 fully saturated rings. The molecule has 1 unspecified atom stereocenters. The average molecular weight is 163 g/mol. The van der Waals surface area contributed by atoms with Crippen LogP contribution in [0.3, 0.4) is 0 Å². The zero-order chi connectivity index (χ0) is 4.12. The van der Waals surface area contributed by atoms with Crippen molar-refractivity contribution in [1.29, 1.82) is 0 Å². The Labute approximate surface area is 57.2 Å². The minimum absolute atomic E-state index is 0. The molecule has 0 aromatic heterocycles. The van der Waals surface area contributed by atoms with Gasteiger partial charge in [0.05, 0.1) is 8.46 Å². The Morgan fingerprint density at radius 1 is 1.57 bits per heavy atom. The second-order valence-electron chi connectivity index (χ2n) is 0.691. The van der Waals surface area contributed by atoms with Gasteiger partial charge in [-0.15, -0.1) is 31.4 Å². The van der Waals surface area contributed by atoms with E-state index in [-0.39, 0.29) is 24.8 Å². The number of allylic oxidation sites excluding steroid dienone is 1. The SMILES string of the molecule is C=CC[PH2]=O.Cl.Cl. The lowest BCUT2D eigenvalue weighted by atomic mass is 10.8. The Morgan fingerprint density at radius 3 is 2.00 bits per heavy atom. The molecule has 0 rings (SSSR count). The van der Waals surface area contributed by atoms with Crippen LogP contribution in [0.25, 0.3) is 0 Å². The molecule has 0 saturated carbocycles. The second-order valence-corrected chi connectivity index (χ2v) is 1.50. The van der Waals surface area contributed by atoms with Crippen LogP contribution >= 0.6 is 33.3 Å². The molecule has 0 aliphatic rings. The van der Waals surface area contributed by atoms with Gasteiger partial charge in [-0.1, -0.05) is 6.08 Å². The minimum atomic E-state index is -0.582. The van der Waals surface area contributed by atoms with E-state index in [1.165, 1.54) is 0 Å². The highest BCUT2D eigenvalue weighted by atomic mass is 35.5. The zero-order valence-corrected chi connectivity index (χ0v) is 6.58. The van der Waals surface area contributed by atoms with Crippen LogP contribution < -0.4 is 0 Å². The lowest BCUT2D eigenvalue weighted by molar-refractivity contribution is 0.600. The highest BCUT2D eigenvalue weighted by molar-refractivity contribution is 7.23. The van der Waals surface area contributed by atoms with Gasteiger partial charge < -0.3 is 4.57 Å². The molecule has 0 bridgehead atoms. The van der Waals surface area contributed by atoms with Gasteiger partial charge in [0.2, 0.25) is 0 Å². The Bertz CT molecular complexity index is 42.2. The maximum atomic E-state index is 9.54. The molecule has 1 atom stereocenters. The van der Waals surface area contributed by atoms with E-state index >= 15 is 0 Å². The number of hydrogen-bond acceptors (Lipinski definition) is 1. The molecular formula is C3H9Cl2OP. The van der Waals surface area contributed by atoms with Crippen molar-refractivity contribution >= 4 is 33.3 Å². The molecule has 0 spiro atoms. The third kappa shape index (κ3) is 20.9. The van der Waals surface area contributed by atoms with Gasteiger partial charge in [0.15, 0.2) is 0 Å². The van der Waals surface area contributed by atoms with Crippen LogP contribution in [0.2, 0.25) is 0 Å². The molecule has 0 aromatic carbocycles. The van der Waals surface area contributed by atoms with Gasteiger partial charge in [-0.25, -0.2) is 0 Å². The van der Waals surface area contributed by atoms with Crippen LogP contribution in [0.1, 0.15) is 0 Å². The van der Waals surface area contributed by atoms with Crippen molar-refractivity contribution in [3.05, 3.63) is 12.7 Å². The number of halogens is 2. The summed E-state index contributed by atoms with van der Waals surface area (Å²) in [5.41, 5.74) is 0. The molecule has 7 heavy (non-hydrogen) atoms. The van der Waals surface area contributed by atoms with Crippen molar-refractivity contribution in [2.45, 2.75) is 0 Å². The van der Waals surface area contributed by atoms with E-state index in [2.05, 4.69) is 6.58 Å². The molecule has 1 nitrogen and oxygen atoms in total.